The summed E-state index contributed by atoms with van der Waals surface area (Å²) in [5, 5.41) is 0. The van der Waals surface area contributed by atoms with Crippen LogP contribution in [0.3, 0.4) is 0 Å². The molecule has 1 N–H and O–H groups in total. The molecule has 1 aromatic carbocycles. The summed E-state index contributed by atoms with van der Waals surface area (Å²) in [5.74, 6) is 1.52. The molecule has 0 saturated heterocycles. The molecule has 0 amide bonds. The summed E-state index contributed by atoms with van der Waals surface area (Å²) in [6, 6.07) is 3.21. The second kappa shape index (κ2) is 3.30. The molecule has 0 spiro atoms. The van der Waals surface area contributed by atoms with E-state index in [1.54, 1.807) is 6.07 Å². The average Bonchev–Trinajstić information content (AvgIpc) is 2.89. The Kier molecular flexibility index (Phi) is 2.06. The standard InChI is InChI=1S/C11H10BrFN2/c12-7-4-9-10(5-8(7)13)15-11(14-9)3-6-1-2-6/h4-6H,1-3H2,(H,14,15). The van der Waals surface area contributed by atoms with Gasteiger partial charge in [-0.05, 0) is 40.8 Å². The van der Waals surface area contributed by atoms with Crippen molar-refractivity contribution in [3.8, 4) is 0 Å². The van der Waals surface area contributed by atoms with Gasteiger partial charge in [0.15, 0.2) is 0 Å². The molecular weight excluding hydrogens is 259 g/mol. The van der Waals surface area contributed by atoms with Gasteiger partial charge in [-0.2, -0.15) is 0 Å². The first-order chi connectivity index (χ1) is 7.22. The van der Waals surface area contributed by atoms with Crippen molar-refractivity contribution in [3.05, 3.63) is 28.2 Å². The average molecular weight is 269 g/mol. The highest BCUT2D eigenvalue weighted by Crippen LogP contribution is 2.32. The summed E-state index contributed by atoms with van der Waals surface area (Å²) in [7, 11) is 0. The minimum Gasteiger partial charge on any atom is -0.342 e. The second-order valence-corrected chi connectivity index (χ2v) is 4.97. The lowest BCUT2D eigenvalue weighted by Crippen LogP contribution is -1.88. The Morgan fingerprint density at radius 2 is 2.27 bits per heavy atom. The molecule has 1 aromatic heterocycles. The Bertz CT molecular complexity index is 478. The number of fused-ring (bicyclic) bond motifs is 1. The maximum Gasteiger partial charge on any atom is 0.139 e. The Morgan fingerprint density at radius 3 is 3.00 bits per heavy atom. The van der Waals surface area contributed by atoms with Crippen LogP contribution in [0.4, 0.5) is 4.39 Å². The number of aromatic amines is 1. The van der Waals surface area contributed by atoms with Gasteiger partial charge in [-0.3, -0.25) is 0 Å². The van der Waals surface area contributed by atoms with E-state index in [0.717, 1.165) is 29.2 Å². The fraction of sp³-hybridized carbons (Fsp3) is 0.364. The number of imidazole rings is 1. The number of nitrogens with zero attached hydrogens (tertiary/aromatic N) is 1. The van der Waals surface area contributed by atoms with Gasteiger partial charge in [0.2, 0.25) is 0 Å². The first kappa shape index (κ1) is 9.33. The van der Waals surface area contributed by atoms with Crippen molar-refractivity contribution in [2.24, 2.45) is 5.92 Å². The smallest absolute Gasteiger partial charge is 0.139 e. The van der Waals surface area contributed by atoms with Crippen molar-refractivity contribution in [1.82, 2.24) is 9.97 Å². The van der Waals surface area contributed by atoms with Gasteiger partial charge in [-0.15, -0.1) is 0 Å². The van der Waals surface area contributed by atoms with E-state index in [4.69, 9.17) is 0 Å². The molecule has 1 saturated carbocycles. The molecule has 2 aromatic rings. The lowest BCUT2D eigenvalue weighted by molar-refractivity contribution is 0.623. The molecule has 0 aliphatic heterocycles. The van der Waals surface area contributed by atoms with Gasteiger partial charge in [0.25, 0.3) is 0 Å². The van der Waals surface area contributed by atoms with Crippen molar-refractivity contribution >= 4 is 27.0 Å². The molecule has 2 nitrogen and oxygen atoms in total. The molecule has 0 atom stereocenters. The number of hydrogen-bond acceptors (Lipinski definition) is 1. The normalized spacial score (nSPS) is 16.1. The molecule has 1 fully saturated rings. The van der Waals surface area contributed by atoms with Gasteiger partial charge in [0.05, 0.1) is 15.5 Å². The Balaban J connectivity index is 2.04. The number of hydrogen-bond donors (Lipinski definition) is 1. The molecule has 0 unspecified atom stereocenters. The van der Waals surface area contributed by atoms with Crippen molar-refractivity contribution in [2.75, 3.05) is 0 Å². The summed E-state index contributed by atoms with van der Waals surface area (Å²) < 4.78 is 13.7. The molecule has 78 valence electrons. The topological polar surface area (TPSA) is 28.7 Å². The van der Waals surface area contributed by atoms with Crippen LogP contribution in [0.25, 0.3) is 11.0 Å². The van der Waals surface area contributed by atoms with Crippen molar-refractivity contribution in [2.45, 2.75) is 19.3 Å². The summed E-state index contributed by atoms with van der Waals surface area (Å²) in [6.45, 7) is 0. The first-order valence-electron chi connectivity index (χ1n) is 5.06. The van der Waals surface area contributed by atoms with Crippen LogP contribution in [0.15, 0.2) is 16.6 Å². The predicted octanol–water partition coefficient (Wildman–Crippen LogP) is 3.42. The predicted molar refractivity (Wildman–Crippen MR) is 60.2 cm³/mol. The highest BCUT2D eigenvalue weighted by Gasteiger charge is 2.23. The van der Waals surface area contributed by atoms with Crippen LogP contribution in [-0.4, -0.2) is 9.97 Å². The van der Waals surface area contributed by atoms with E-state index in [1.165, 1.54) is 18.9 Å². The molecule has 1 aliphatic rings. The molecule has 15 heavy (non-hydrogen) atoms. The van der Waals surface area contributed by atoms with Gasteiger partial charge in [-0.25, -0.2) is 9.37 Å². The van der Waals surface area contributed by atoms with E-state index in [2.05, 4.69) is 25.9 Å². The Hall–Kier alpha value is -0.900. The van der Waals surface area contributed by atoms with Crippen LogP contribution in [-0.2, 0) is 6.42 Å². The minimum atomic E-state index is -0.246. The third-order valence-electron chi connectivity index (χ3n) is 2.75. The first-order valence-corrected chi connectivity index (χ1v) is 5.85. The summed E-state index contributed by atoms with van der Waals surface area (Å²) in [6.07, 6.45) is 3.60. The number of nitrogens with one attached hydrogen (secondary N) is 1. The second-order valence-electron chi connectivity index (χ2n) is 4.11. The molecule has 4 heteroatoms. The van der Waals surface area contributed by atoms with Gasteiger partial charge < -0.3 is 4.98 Å². The minimum absolute atomic E-state index is 0.246. The highest BCUT2D eigenvalue weighted by molar-refractivity contribution is 9.10. The van der Waals surface area contributed by atoms with Gasteiger partial charge in [-0.1, -0.05) is 0 Å². The largest absolute Gasteiger partial charge is 0.342 e. The zero-order valence-electron chi connectivity index (χ0n) is 8.06. The van der Waals surface area contributed by atoms with Crippen LogP contribution in [0, 0.1) is 11.7 Å². The van der Waals surface area contributed by atoms with E-state index >= 15 is 0 Å². The third-order valence-corrected chi connectivity index (χ3v) is 3.36. The molecule has 1 heterocycles. The monoisotopic (exact) mass is 268 g/mol. The van der Waals surface area contributed by atoms with E-state index in [1.807, 2.05) is 0 Å². The number of halogens is 2. The molecule has 0 bridgehead atoms. The number of aromatic nitrogens is 2. The molecule has 3 rings (SSSR count). The maximum absolute atomic E-state index is 13.2. The van der Waals surface area contributed by atoms with Gasteiger partial charge in [0.1, 0.15) is 11.6 Å². The highest BCUT2D eigenvalue weighted by atomic mass is 79.9. The fourth-order valence-electron chi connectivity index (χ4n) is 1.75. The number of H-pyrrole nitrogens is 1. The van der Waals surface area contributed by atoms with Crippen molar-refractivity contribution in [3.63, 3.8) is 0 Å². The number of rotatable bonds is 2. The zero-order chi connectivity index (χ0) is 10.4. The third kappa shape index (κ3) is 1.78. The van der Waals surface area contributed by atoms with Crippen molar-refractivity contribution < 1.29 is 4.39 Å². The van der Waals surface area contributed by atoms with E-state index < -0.39 is 0 Å². The van der Waals surface area contributed by atoms with E-state index in [0.29, 0.717) is 4.47 Å². The van der Waals surface area contributed by atoms with Crippen LogP contribution in [0.1, 0.15) is 18.7 Å². The van der Waals surface area contributed by atoms with Gasteiger partial charge >= 0.3 is 0 Å². The molecular formula is C11H10BrFN2. The summed E-state index contributed by atoms with van der Waals surface area (Å²) >= 11 is 3.16. The Labute approximate surface area is 95.0 Å². The SMILES string of the molecule is Fc1cc2[nH]c(CC3CC3)nc2cc1Br. The van der Waals surface area contributed by atoms with Crippen LogP contribution in [0.2, 0.25) is 0 Å². The zero-order valence-corrected chi connectivity index (χ0v) is 9.64. The number of benzene rings is 1. The van der Waals surface area contributed by atoms with Crippen LogP contribution >= 0.6 is 15.9 Å². The lowest BCUT2D eigenvalue weighted by atomic mass is 10.3. The van der Waals surface area contributed by atoms with Crippen LogP contribution in [0.5, 0.6) is 0 Å². The van der Waals surface area contributed by atoms with Crippen molar-refractivity contribution in [1.29, 1.82) is 0 Å². The molecule has 1 aliphatic carbocycles. The Morgan fingerprint density at radius 1 is 1.47 bits per heavy atom. The summed E-state index contributed by atoms with van der Waals surface area (Å²) in [5.41, 5.74) is 1.62. The summed E-state index contributed by atoms with van der Waals surface area (Å²) in [4.78, 5) is 7.61. The molecule has 0 radical (unpaired) electrons. The van der Waals surface area contributed by atoms with Crippen LogP contribution < -0.4 is 0 Å². The lowest BCUT2D eigenvalue weighted by Gasteiger charge is -1.92. The quantitative estimate of drug-likeness (QED) is 0.889. The van der Waals surface area contributed by atoms with E-state index in [-0.39, 0.29) is 5.82 Å². The fourth-order valence-corrected chi connectivity index (χ4v) is 2.08. The maximum atomic E-state index is 13.2. The van der Waals surface area contributed by atoms with E-state index in [9.17, 15) is 4.39 Å². The van der Waals surface area contributed by atoms with Gasteiger partial charge in [0, 0.05) is 12.5 Å².